The zero-order valence-electron chi connectivity index (χ0n) is 8.83. The first-order chi connectivity index (χ1) is 6.65. The highest BCUT2D eigenvalue weighted by atomic mass is 35.5. The van der Waals surface area contributed by atoms with E-state index in [0.717, 1.165) is 32.7 Å². The van der Waals surface area contributed by atoms with Crippen LogP contribution in [-0.2, 0) is 9.53 Å². The monoisotopic (exact) mass is 219 g/mol. The maximum atomic E-state index is 11.5. The lowest BCUT2D eigenvalue weighted by Crippen LogP contribution is -2.34. The van der Waals surface area contributed by atoms with Gasteiger partial charge in [0.1, 0.15) is 5.38 Å². The van der Waals surface area contributed by atoms with E-state index in [2.05, 4.69) is 0 Å². The van der Waals surface area contributed by atoms with Gasteiger partial charge in [0, 0.05) is 25.6 Å². The Balaban J connectivity index is 2.30. The van der Waals surface area contributed by atoms with E-state index < -0.39 is 5.38 Å². The van der Waals surface area contributed by atoms with E-state index in [1.54, 1.807) is 6.92 Å². The molecule has 0 N–H and O–H groups in total. The number of nitrogens with zero attached hydrogens (tertiary/aromatic N) is 1. The van der Waals surface area contributed by atoms with Crippen LogP contribution < -0.4 is 0 Å². The molecule has 0 saturated carbocycles. The Bertz CT molecular complexity index is 197. The van der Waals surface area contributed by atoms with Crippen LogP contribution in [0.1, 0.15) is 20.3 Å². The summed E-state index contributed by atoms with van der Waals surface area (Å²) in [4.78, 5) is 13.4. The molecule has 1 fully saturated rings. The van der Waals surface area contributed by atoms with Gasteiger partial charge >= 0.3 is 0 Å². The van der Waals surface area contributed by atoms with Crippen molar-refractivity contribution in [3.63, 3.8) is 0 Å². The summed E-state index contributed by atoms with van der Waals surface area (Å²) in [5, 5.41) is -0.402. The highest BCUT2D eigenvalue weighted by Gasteiger charge is 2.27. The van der Waals surface area contributed by atoms with Crippen molar-refractivity contribution in [3.8, 4) is 0 Å². The van der Waals surface area contributed by atoms with Crippen LogP contribution in [0.4, 0.5) is 0 Å². The minimum absolute atomic E-state index is 0.0469. The number of rotatable bonds is 4. The largest absolute Gasteiger partial charge is 0.381 e. The summed E-state index contributed by atoms with van der Waals surface area (Å²) in [5.74, 6) is 0.542. The summed E-state index contributed by atoms with van der Waals surface area (Å²) in [7, 11) is 0. The van der Waals surface area contributed by atoms with Gasteiger partial charge in [0.2, 0.25) is 5.91 Å². The summed E-state index contributed by atoms with van der Waals surface area (Å²) in [5.41, 5.74) is 0. The Kier molecular flexibility index (Phi) is 4.69. The predicted molar refractivity (Wildman–Crippen MR) is 56.5 cm³/mol. The Morgan fingerprint density at radius 1 is 1.71 bits per heavy atom. The molecule has 0 aromatic rings. The van der Waals surface area contributed by atoms with Gasteiger partial charge in [-0.3, -0.25) is 4.79 Å². The first-order valence-corrected chi connectivity index (χ1v) is 5.59. The third-order valence-electron chi connectivity index (χ3n) is 2.50. The number of carbonyl (C=O) groups is 1. The van der Waals surface area contributed by atoms with Crippen LogP contribution in [0.5, 0.6) is 0 Å². The molecule has 1 amide bonds. The molecule has 0 unspecified atom stereocenters. The molecule has 1 saturated heterocycles. The van der Waals surface area contributed by atoms with Crippen molar-refractivity contribution in [3.05, 3.63) is 0 Å². The van der Waals surface area contributed by atoms with Crippen LogP contribution >= 0.6 is 11.6 Å². The number of likely N-dealkylation sites (tertiary alicyclic amines) is 1. The lowest BCUT2D eigenvalue weighted by molar-refractivity contribution is -0.129. The van der Waals surface area contributed by atoms with Crippen molar-refractivity contribution in [2.75, 3.05) is 26.3 Å². The van der Waals surface area contributed by atoms with Crippen LogP contribution in [0, 0.1) is 5.92 Å². The molecule has 4 heteroatoms. The van der Waals surface area contributed by atoms with E-state index in [9.17, 15) is 4.79 Å². The topological polar surface area (TPSA) is 29.5 Å². The number of amides is 1. The first kappa shape index (κ1) is 11.8. The summed E-state index contributed by atoms with van der Waals surface area (Å²) in [6.07, 6.45) is 1.04. The molecule has 1 aliphatic rings. The summed E-state index contributed by atoms with van der Waals surface area (Å²) in [6.45, 7) is 6.84. The number of alkyl halides is 1. The van der Waals surface area contributed by atoms with Gasteiger partial charge in [0.25, 0.3) is 0 Å². The third-order valence-corrected chi connectivity index (χ3v) is 2.68. The fraction of sp³-hybridized carbons (Fsp3) is 0.900. The molecule has 0 aromatic heterocycles. The summed E-state index contributed by atoms with van der Waals surface area (Å²) < 4.78 is 5.34. The fourth-order valence-electron chi connectivity index (χ4n) is 1.70. The highest BCUT2D eigenvalue weighted by Crippen LogP contribution is 2.18. The number of hydrogen-bond donors (Lipinski definition) is 0. The van der Waals surface area contributed by atoms with Gasteiger partial charge in [-0.15, -0.1) is 11.6 Å². The molecule has 0 spiro atoms. The van der Waals surface area contributed by atoms with Crippen molar-refractivity contribution < 1.29 is 9.53 Å². The van der Waals surface area contributed by atoms with Gasteiger partial charge in [-0.05, 0) is 20.3 Å². The molecule has 1 heterocycles. The van der Waals surface area contributed by atoms with E-state index in [0.29, 0.717) is 5.92 Å². The molecule has 1 rings (SSSR count). The Morgan fingerprint density at radius 3 is 3.00 bits per heavy atom. The van der Waals surface area contributed by atoms with Gasteiger partial charge in [-0.25, -0.2) is 0 Å². The highest BCUT2D eigenvalue weighted by molar-refractivity contribution is 6.30. The average molecular weight is 220 g/mol. The minimum atomic E-state index is -0.402. The van der Waals surface area contributed by atoms with Gasteiger partial charge in [-0.1, -0.05) is 0 Å². The van der Waals surface area contributed by atoms with Crippen molar-refractivity contribution in [1.82, 2.24) is 4.90 Å². The Hall–Kier alpha value is -0.280. The number of carbonyl (C=O) groups excluding carboxylic acids is 1. The smallest absolute Gasteiger partial charge is 0.240 e. The van der Waals surface area contributed by atoms with E-state index in [1.165, 1.54) is 0 Å². The third kappa shape index (κ3) is 3.14. The molecule has 14 heavy (non-hydrogen) atoms. The maximum absolute atomic E-state index is 11.5. The fourth-order valence-corrected chi connectivity index (χ4v) is 1.84. The van der Waals surface area contributed by atoms with Crippen LogP contribution in [0.25, 0.3) is 0 Å². The molecule has 0 aliphatic carbocycles. The van der Waals surface area contributed by atoms with E-state index in [4.69, 9.17) is 16.3 Å². The van der Waals surface area contributed by atoms with E-state index in [1.807, 2.05) is 11.8 Å². The zero-order valence-corrected chi connectivity index (χ0v) is 9.59. The standard InChI is InChI=1S/C10H18ClNO2/c1-3-14-7-9-4-5-12(6-9)10(13)8(2)11/h8-9H,3-7H2,1-2H3/t8-,9+/m0/s1. The minimum Gasteiger partial charge on any atom is -0.381 e. The van der Waals surface area contributed by atoms with Crippen molar-refractivity contribution in [2.45, 2.75) is 25.6 Å². The molecule has 0 aromatic carbocycles. The lowest BCUT2D eigenvalue weighted by atomic mass is 10.1. The van der Waals surface area contributed by atoms with Crippen molar-refractivity contribution >= 4 is 17.5 Å². The zero-order chi connectivity index (χ0) is 10.6. The summed E-state index contributed by atoms with van der Waals surface area (Å²) >= 11 is 5.74. The number of ether oxygens (including phenoxy) is 1. The first-order valence-electron chi connectivity index (χ1n) is 5.15. The van der Waals surface area contributed by atoms with Crippen molar-refractivity contribution in [1.29, 1.82) is 0 Å². The molecular formula is C10H18ClNO2. The second kappa shape index (κ2) is 5.56. The number of hydrogen-bond acceptors (Lipinski definition) is 2. The van der Waals surface area contributed by atoms with Crippen LogP contribution in [-0.4, -0.2) is 42.5 Å². The molecule has 2 atom stereocenters. The predicted octanol–water partition coefficient (Wildman–Crippen LogP) is 1.50. The van der Waals surface area contributed by atoms with Crippen molar-refractivity contribution in [2.24, 2.45) is 5.92 Å². The Morgan fingerprint density at radius 2 is 2.43 bits per heavy atom. The van der Waals surface area contributed by atoms with Gasteiger partial charge < -0.3 is 9.64 Å². The van der Waals surface area contributed by atoms with Gasteiger partial charge in [0.05, 0.1) is 6.61 Å². The van der Waals surface area contributed by atoms with Crippen LogP contribution in [0.2, 0.25) is 0 Å². The maximum Gasteiger partial charge on any atom is 0.240 e. The molecule has 3 nitrogen and oxygen atoms in total. The number of halogens is 1. The average Bonchev–Trinajstić information content (AvgIpc) is 2.61. The SMILES string of the molecule is CCOC[C@@H]1CCN(C(=O)[C@H](C)Cl)C1. The normalized spacial score (nSPS) is 23.9. The van der Waals surface area contributed by atoms with E-state index in [-0.39, 0.29) is 5.91 Å². The molecule has 1 aliphatic heterocycles. The second-order valence-electron chi connectivity index (χ2n) is 3.71. The van der Waals surface area contributed by atoms with E-state index >= 15 is 0 Å². The van der Waals surface area contributed by atoms with Crippen LogP contribution in [0.3, 0.4) is 0 Å². The van der Waals surface area contributed by atoms with Gasteiger partial charge in [-0.2, -0.15) is 0 Å². The van der Waals surface area contributed by atoms with Gasteiger partial charge in [0.15, 0.2) is 0 Å². The molecule has 82 valence electrons. The molecule has 0 bridgehead atoms. The quantitative estimate of drug-likeness (QED) is 0.671. The summed E-state index contributed by atoms with van der Waals surface area (Å²) in [6, 6.07) is 0. The lowest BCUT2D eigenvalue weighted by Gasteiger charge is -2.17. The molecule has 0 radical (unpaired) electrons. The van der Waals surface area contributed by atoms with Crippen LogP contribution in [0.15, 0.2) is 0 Å². The second-order valence-corrected chi connectivity index (χ2v) is 4.37. The Labute approximate surface area is 90.4 Å². The molecular weight excluding hydrogens is 202 g/mol.